The number of nitrogens with one attached hydrogen (secondary N) is 1. The van der Waals surface area contributed by atoms with E-state index in [1.807, 2.05) is 31.2 Å². The smallest absolute Gasteiger partial charge is 0.255 e. The number of hydrogen-bond donors (Lipinski definition) is 2. The van der Waals surface area contributed by atoms with E-state index in [4.69, 9.17) is 16.0 Å². The van der Waals surface area contributed by atoms with Gasteiger partial charge in [0.2, 0.25) is 11.8 Å². The molecule has 0 saturated heterocycles. The van der Waals surface area contributed by atoms with Crippen molar-refractivity contribution in [3.63, 3.8) is 0 Å². The second-order valence-corrected chi connectivity index (χ2v) is 6.91. The van der Waals surface area contributed by atoms with E-state index < -0.39 is 0 Å². The topological polar surface area (TPSA) is 88.2 Å². The normalized spacial score (nSPS) is 10.7. The molecule has 29 heavy (non-hydrogen) atoms. The van der Waals surface area contributed by atoms with Crippen LogP contribution in [-0.2, 0) is 0 Å². The number of nitrogens with zero attached hydrogens (tertiary/aromatic N) is 2. The van der Waals surface area contributed by atoms with Gasteiger partial charge in [0.15, 0.2) is 0 Å². The van der Waals surface area contributed by atoms with Crippen LogP contribution in [0.15, 0.2) is 71.1 Å². The number of carbonyl (C=O) groups is 1. The van der Waals surface area contributed by atoms with Crippen molar-refractivity contribution in [3.05, 3.63) is 82.9 Å². The van der Waals surface area contributed by atoms with Crippen molar-refractivity contribution < 1.29 is 14.3 Å². The van der Waals surface area contributed by atoms with Crippen molar-refractivity contribution in [1.82, 2.24) is 10.2 Å². The SMILES string of the molecule is Cc1cccc(-c2nnc(-c3ccc(C(=O)Nc4cc(Cl)ccc4O)cc3)o2)c1. The summed E-state index contributed by atoms with van der Waals surface area (Å²) in [6, 6.07) is 19.0. The number of halogens is 1. The molecule has 144 valence electrons. The fourth-order valence-corrected chi connectivity index (χ4v) is 2.97. The number of benzene rings is 3. The fourth-order valence-electron chi connectivity index (χ4n) is 2.80. The van der Waals surface area contributed by atoms with E-state index in [-0.39, 0.29) is 17.3 Å². The van der Waals surface area contributed by atoms with Gasteiger partial charge in [-0.05, 0) is 61.5 Å². The minimum atomic E-state index is -0.375. The number of hydrogen-bond acceptors (Lipinski definition) is 5. The summed E-state index contributed by atoms with van der Waals surface area (Å²) in [5.74, 6) is 0.358. The summed E-state index contributed by atoms with van der Waals surface area (Å²) in [6.07, 6.45) is 0. The average molecular weight is 406 g/mol. The van der Waals surface area contributed by atoms with Crippen LogP contribution in [0, 0.1) is 6.92 Å². The van der Waals surface area contributed by atoms with Crippen LogP contribution in [-0.4, -0.2) is 21.2 Å². The Balaban J connectivity index is 1.52. The monoisotopic (exact) mass is 405 g/mol. The Morgan fingerprint density at radius 1 is 0.966 bits per heavy atom. The van der Waals surface area contributed by atoms with Crippen LogP contribution in [0.25, 0.3) is 22.9 Å². The number of aromatic hydroxyl groups is 1. The molecular formula is C22H16ClN3O3. The Labute approximate surface area is 171 Å². The van der Waals surface area contributed by atoms with Crippen molar-refractivity contribution in [2.75, 3.05) is 5.32 Å². The van der Waals surface area contributed by atoms with E-state index in [1.54, 1.807) is 24.3 Å². The third-order valence-electron chi connectivity index (χ3n) is 4.29. The second-order valence-electron chi connectivity index (χ2n) is 6.47. The molecule has 3 aromatic carbocycles. The number of rotatable bonds is 4. The van der Waals surface area contributed by atoms with Crippen LogP contribution >= 0.6 is 11.6 Å². The van der Waals surface area contributed by atoms with Gasteiger partial charge >= 0.3 is 0 Å². The highest BCUT2D eigenvalue weighted by Crippen LogP contribution is 2.28. The zero-order valence-corrected chi connectivity index (χ0v) is 16.1. The van der Waals surface area contributed by atoms with Crippen LogP contribution < -0.4 is 5.32 Å². The second kappa shape index (κ2) is 7.77. The third-order valence-corrected chi connectivity index (χ3v) is 4.53. The molecule has 0 radical (unpaired) electrons. The highest BCUT2D eigenvalue weighted by atomic mass is 35.5. The Kier molecular flexibility index (Phi) is 5.01. The number of aromatic nitrogens is 2. The summed E-state index contributed by atoms with van der Waals surface area (Å²) < 4.78 is 5.77. The van der Waals surface area contributed by atoms with Gasteiger partial charge in [-0.15, -0.1) is 10.2 Å². The largest absolute Gasteiger partial charge is 0.506 e. The van der Waals surface area contributed by atoms with Crippen molar-refractivity contribution in [1.29, 1.82) is 0 Å². The number of anilines is 1. The lowest BCUT2D eigenvalue weighted by Gasteiger charge is -2.08. The summed E-state index contributed by atoms with van der Waals surface area (Å²) in [6.45, 7) is 1.99. The summed E-state index contributed by atoms with van der Waals surface area (Å²) in [4.78, 5) is 12.4. The van der Waals surface area contributed by atoms with Crippen LogP contribution in [0.3, 0.4) is 0 Å². The number of phenolic OH excluding ortho intramolecular Hbond substituents is 1. The van der Waals surface area contributed by atoms with Crippen LogP contribution in [0.4, 0.5) is 5.69 Å². The lowest BCUT2D eigenvalue weighted by molar-refractivity contribution is 0.102. The first kappa shape index (κ1) is 18.7. The first-order chi connectivity index (χ1) is 14.0. The van der Waals surface area contributed by atoms with Gasteiger partial charge in [-0.25, -0.2) is 0 Å². The van der Waals surface area contributed by atoms with Crippen LogP contribution in [0.2, 0.25) is 5.02 Å². The van der Waals surface area contributed by atoms with E-state index in [1.165, 1.54) is 18.2 Å². The average Bonchev–Trinajstić information content (AvgIpc) is 3.21. The van der Waals surface area contributed by atoms with Gasteiger partial charge in [-0.3, -0.25) is 4.79 Å². The predicted octanol–water partition coefficient (Wildman–Crippen LogP) is 5.32. The lowest BCUT2D eigenvalue weighted by atomic mass is 10.1. The molecule has 6 nitrogen and oxygen atoms in total. The van der Waals surface area contributed by atoms with E-state index in [9.17, 15) is 9.90 Å². The van der Waals surface area contributed by atoms with Gasteiger partial charge < -0.3 is 14.8 Å². The predicted molar refractivity (Wildman–Crippen MR) is 111 cm³/mol. The minimum absolute atomic E-state index is 0.0612. The maximum atomic E-state index is 12.4. The molecule has 4 aromatic rings. The quantitative estimate of drug-likeness (QED) is 0.448. The van der Waals surface area contributed by atoms with Crippen LogP contribution in [0.1, 0.15) is 15.9 Å². The van der Waals surface area contributed by atoms with E-state index >= 15 is 0 Å². The van der Waals surface area contributed by atoms with E-state index in [0.717, 1.165) is 11.1 Å². The molecule has 0 saturated carbocycles. The zero-order valence-electron chi connectivity index (χ0n) is 15.4. The number of phenols is 1. The molecule has 0 aliphatic carbocycles. The number of carbonyl (C=O) groups excluding carboxylic acids is 1. The molecule has 2 N–H and O–H groups in total. The van der Waals surface area contributed by atoms with Gasteiger partial charge in [0, 0.05) is 21.7 Å². The van der Waals surface area contributed by atoms with Gasteiger partial charge in [-0.2, -0.15) is 0 Å². The van der Waals surface area contributed by atoms with E-state index in [2.05, 4.69) is 15.5 Å². The Morgan fingerprint density at radius 2 is 1.69 bits per heavy atom. The molecule has 7 heteroatoms. The molecule has 4 rings (SSSR count). The first-order valence-electron chi connectivity index (χ1n) is 8.80. The molecule has 1 heterocycles. The molecule has 0 atom stereocenters. The molecule has 0 unspecified atom stereocenters. The summed E-state index contributed by atoms with van der Waals surface area (Å²) in [5, 5.41) is 21.1. The van der Waals surface area contributed by atoms with Crippen molar-refractivity contribution in [2.45, 2.75) is 6.92 Å². The van der Waals surface area contributed by atoms with Crippen molar-refractivity contribution in [2.24, 2.45) is 0 Å². The standard InChI is InChI=1S/C22H16ClN3O3/c1-13-3-2-4-16(11-13)22-26-25-21(29-22)15-7-5-14(6-8-15)20(28)24-18-12-17(23)9-10-19(18)27/h2-12,27H,1H3,(H,24,28). The summed E-state index contributed by atoms with van der Waals surface area (Å²) in [7, 11) is 0. The Hall–Kier alpha value is -3.64. The van der Waals surface area contributed by atoms with Gasteiger partial charge in [0.1, 0.15) is 5.75 Å². The Bertz CT molecular complexity index is 1190. The highest BCUT2D eigenvalue weighted by molar-refractivity contribution is 6.31. The van der Waals surface area contributed by atoms with Gasteiger partial charge in [0.05, 0.1) is 5.69 Å². The molecule has 0 spiro atoms. The molecular weight excluding hydrogens is 390 g/mol. The third kappa shape index (κ3) is 4.12. The first-order valence-corrected chi connectivity index (χ1v) is 9.18. The van der Waals surface area contributed by atoms with Crippen molar-refractivity contribution in [3.8, 4) is 28.7 Å². The highest BCUT2D eigenvalue weighted by Gasteiger charge is 2.13. The van der Waals surface area contributed by atoms with Crippen LogP contribution in [0.5, 0.6) is 5.75 Å². The molecule has 0 bridgehead atoms. The molecule has 0 fully saturated rings. The number of aryl methyl sites for hydroxylation is 1. The minimum Gasteiger partial charge on any atom is -0.506 e. The number of amides is 1. The zero-order chi connectivity index (χ0) is 20.4. The molecule has 1 amide bonds. The Morgan fingerprint density at radius 3 is 2.41 bits per heavy atom. The van der Waals surface area contributed by atoms with Gasteiger partial charge in [-0.1, -0.05) is 29.3 Å². The maximum Gasteiger partial charge on any atom is 0.255 e. The molecule has 1 aromatic heterocycles. The maximum absolute atomic E-state index is 12.4. The lowest BCUT2D eigenvalue weighted by Crippen LogP contribution is -2.11. The summed E-state index contributed by atoms with van der Waals surface area (Å²) >= 11 is 5.90. The fraction of sp³-hybridized carbons (Fsp3) is 0.0455. The summed E-state index contributed by atoms with van der Waals surface area (Å²) in [5.41, 5.74) is 3.29. The molecule has 0 aliphatic rings. The van der Waals surface area contributed by atoms with Crippen molar-refractivity contribution >= 4 is 23.2 Å². The van der Waals surface area contributed by atoms with Gasteiger partial charge in [0.25, 0.3) is 5.91 Å². The molecule has 0 aliphatic heterocycles. The van der Waals surface area contributed by atoms with E-state index in [0.29, 0.717) is 27.9 Å².